The molecule has 0 fully saturated rings. The lowest BCUT2D eigenvalue weighted by molar-refractivity contribution is -0.139. The number of carbonyl (C=O) groups excluding carboxylic acids is 1. The van der Waals surface area contributed by atoms with Gasteiger partial charge in [-0.25, -0.2) is 0 Å². The van der Waals surface area contributed by atoms with Crippen LogP contribution in [0.15, 0.2) is 24.3 Å². The van der Waals surface area contributed by atoms with Gasteiger partial charge in [-0.3, -0.25) is 9.59 Å². The Bertz CT molecular complexity index is 518. The van der Waals surface area contributed by atoms with Crippen molar-refractivity contribution < 1.29 is 14.7 Å². The first kappa shape index (κ1) is 14.9. The zero-order chi connectivity index (χ0) is 14.7. The van der Waals surface area contributed by atoms with Crippen LogP contribution in [0.3, 0.4) is 0 Å². The number of carboxylic acid groups (broad SMARTS) is 1. The minimum Gasteiger partial charge on any atom is -0.481 e. The van der Waals surface area contributed by atoms with E-state index in [1.165, 1.54) is 0 Å². The molecule has 0 saturated heterocycles. The lowest BCUT2D eigenvalue weighted by Gasteiger charge is -2.38. The highest BCUT2D eigenvalue weighted by atomic mass is 35.5. The molecule has 20 heavy (non-hydrogen) atoms. The Labute approximate surface area is 123 Å². The maximum Gasteiger partial charge on any atom is 0.311 e. The third-order valence-corrected chi connectivity index (χ3v) is 3.95. The number of para-hydroxylation sites is 1. The summed E-state index contributed by atoms with van der Waals surface area (Å²) in [4.78, 5) is 25.4. The highest BCUT2D eigenvalue weighted by Gasteiger charge is 2.36. The molecule has 1 amide bonds. The average molecular weight is 296 g/mol. The molecule has 2 unspecified atom stereocenters. The second-order valence-corrected chi connectivity index (χ2v) is 5.47. The molecule has 0 radical (unpaired) electrons. The standard InChI is InChI=1S/C15H18ClNO3/c1-10-9-12(15(19)20)11-5-2-3-6-13(11)17(10)14(18)7-4-8-16/h2-3,5-6,10,12H,4,7-9H2,1H3,(H,19,20). The van der Waals surface area contributed by atoms with Gasteiger partial charge in [0.15, 0.2) is 0 Å². The molecule has 0 aliphatic carbocycles. The number of hydrogen-bond donors (Lipinski definition) is 1. The Hall–Kier alpha value is -1.55. The molecule has 1 aliphatic rings. The summed E-state index contributed by atoms with van der Waals surface area (Å²) in [5.41, 5.74) is 1.44. The topological polar surface area (TPSA) is 57.6 Å². The number of hydrogen-bond acceptors (Lipinski definition) is 2. The number of halogens is 1. The third kappa shape index (κ3) is 2.80. The van der Waals surface area contributed by atoms with E-state index in [0.717, 1.165) is 11.3 Å². The summed E-state index contributed by atoms with van der Waals surface area (Å²) in [5, 5.41) is 9.35. The smallest absolute Gasteiger partial charge is 0.311 e. The zero-order valence-corrected chi connectivity index (χ0v) is 12.1. The zero-order valence-electron chi connectivity index (χ0n) is 11.4. The molecule has 1 aromatic rings. The monoisotopic (exact) mass is 295 g/mol. The summed E-state index contributed by atoms with van der Waals surface area (Å²) in [6.07, 6.45) is 1.47. The number of rotatable bonds is 4. The fourth-order valence-corrected chi connectivity index (χ4v) is 2.90. The van der Waals surface area contributed by atoms with Crippen LogP contribution < -0.4 is 4.90 Å². The number of alkyl halides is 1. The van der Waals surface area contributed by atoms with E-state index < -0.39 is 11.9 Å². The van der Waals surface area contributed by atoms with Crippen molar-refractivity contribution in [3.8, 4) is 0 Å². The van der Waals surface area contributed by atoms with Gasteiger partial charge in [-0.05, 0) is 31.4 Å². The average Bonchev–Trinajstić information content (AvgIpc) is 2.43. The van der Waals surface area contributed by atoms with E-state index >= 15 is 0 Å². The fraction of sp³-hybridized carbons (Fsp3) is 0.467. The predicted octanol–water partition coefficient (Wildman–Crippen LogP) is 3.00. The highest BCUT2D eigenvalue weighted by Crippen LogP contribution is 2.38. The molecule has 0 bridgehead atoms. The first-order valence-electron chi connectivity index (χ1n) is 6.76. The summed E-state index contributed by atoms with van der Waals surface area (Å²) < 4.78 is 0. The molecule has 1 N–H and O–H groups in total. The van der Waals surface area contributed by atoms with Crippen LogP contribution in [0.4, 0.5) is 5.69 Å². The molecule has 1 aromatic carbocycles. The van der Waals surface area contributed by atoms with Crippen molar-refractivity contribution in [1.29, 1.82) is 0 Å². The summed E-state index contributed by atoms with van der Waals surface area (Å²) in [6.45, 7) is 1.89. The molecule has 1 heterocycles. The quantitative estimate of drug-likeness (QED) is 0.869. The summed E-state index contributed by atoms with van der Waals surface area (Å²) in [7, 11) is 0. The van der Waals surface area contributed by atoms with Crippen LogP contribution in [0.1, 0.15) is 37.7 Å². The minimum absolute atomic E-state index is 0.00874. The van der Waals surface area contributed by atoms with Crippen LogP contribution in [0.5, 0.6) is 0 Å². The number of nitrogens with zero attached hydrogens (tertiary/aromatic N) is 1. The van der Waals surface area contributed by atoms with Crippen LogP contribution in [-0.4, -0.2) is 28.9 Å². The summed E-state index contributed by atoms with van der Waals surface area (Å²) in [6, 6.07) is 7.14. The number of carbonyl (C=O) groups is 2. The largest absolute Gasteiger partial charge is 0.481 e. The molecule has 4 nitrogen and oxygen atoms in total. The molecular formula is C15H18ClNO3. The van der Waals surface area contributed by atoms with Crippen LogP contribution in [0, 0.1) is 0 Å². The molecule has 2 rings (SSSR count). The van der Waals surface area contributed by atoms with Gasteiger partial charge in [-0.15, -0.1) is 11.6 Å². The van der Waals surface area contributed by atoms with Crippen molar-refractivity contribution in [3.63, 3.8) is 0 Å². The van der Waals surface area contributed by atoms with E-state index in [1.807, 2.05) is 25.1 Å². The van der Waals surface area contributed by atoms with Crippen molar-refractivity contribution in [2.75, 3.05) is 10.8 Å². The first-order valence-corrected chi connectivity index (χ1v) is 7.29. The number of fused-ring (bicyclic) bond motifs is 1. The normalized spacial score (nSPS) is 21.4. The highest BCUT2D eigenvalue weighted by molar-refractivity contribution is 6.18. The number of aliphatic carboxylic acids is 1. The molecule has 0 aromatic heterocycles. The van der Waals surface area contributed by atoms with E-state index in [9.17, 15) is 14.7 Å². The van der Waals surface area contributed by atoms with Crippen molar-refractivity contribution in [3.05, 3.63) is 29.8 Å². The first-order chi connectivity index (χ1) is 9.56. The predicted molar refractivity (Wildman–Crippen MR) is 78.3 cm³/mol. The Balaban J connectivity index is 2.36. The third-order valence-electron chi connectivity index (χ3n) is 3.68. The van der Waals surface area contributed by atoms with E-state index in [2.05, 4.69) is 0 Å². The Morgan fingerprint density at radius 2 is 2.10 bits per heavy atom. The number of benzene rings is 1. The minimum atomic E-state index is -0.836. The van der Waals surface area contributed by atoms with E-state index in [-0.39, 0.29) is 11.9 Å². The molecule has 1 aliphatic heterocycles. The van der Waals surface area contributed by atoms with Gasteiger partial charge in [-0.1, -0.05) is 18.2 Å². The summed E-state index contributed by atoms with van der Waals surface area (Å²) >= 11 is 5.64. The van der Waals surface area contributed by atoms with E-state index in [4.69, 9.17) is 11.6 Å². The van der Waals surface area contributed by atoms with Crippen molar-refractivity contribution in [2.45, 2.75) is 38.1 Å². The lowest BCUT2D eigenvalue weighted by atomic mass is 9.86. The Kier molecular flexibility index (Phi) is 4.65. The Morgan fingerprint density at radius 3 is 2.75 bits per heavy atom. The molecule has 2 atom stereocenters. The van der Waals surface area contributed by atoms with Gasteiger partial charge in [0.05, 0.1) is 5.92 Å². The van der Waals surface area contributed by atoms with Crippen molar-refractivity contribution in [2.24, 2.45) is 0 Å². The summed E-state index contributed by atoms with van der Waals surface area (Å²) in [5.74, 6) is -0.919. The van der Waals surface area contributed by atoms with E-state index in [0.29, 0.717) is 25.1 Å². The van der Waals surface area contributed by atoms with Gasteiger partial charge in [-0.2, -0.15) is 0 Å². The SMILES string of the molecule is CC1CC(C(=O)O)c2ccccc2N1C(=O)CCCCl. The fourth-order valence-electron chi connectivity index (χ4n) is 2.76. The van der Waals surface area contributed by atoms with Crippen molar-refractivity contribution >= 4 is 29.2 Å². The van der Waals surface area contributed by atoms with Crippen LogP contribution in [0.25, 0.3) is 0 Å². The number of amides is 1. The number of carboxylic acids is 1. The molecule has 5 heteroatoms. The molecule has 0 spiro atoms. The van der Waals surface area contributed by atoms with Crippen molar-refractivity contribution in [1.82, 2.24) is 0 Å². The maximum absolute atomic E-state index is 12.3. The number of anilines is 1. The lowest BCUT2D eigenvalue weighted by Crippen LogP contribution is -2.44. The van der Waals surface area contributed by atoms with Gasteiger partial charge >= 0.3 is 5.97 Å². The van der Waals surface area contributed by atoms with Crippen LogP contribution in [-0.2, 0) is 9.59 Å². The second-order valence-electron chi connectivity index (χ2n) is 5.09. The second kappa shape index (κ2) is 6.27. The van der Waals surface area contributed by atoms with Crippen LogP contribution in [0.2, 0.25) is 0 Å². The molecular weight excluding hydrogens is 278 g/mol. The van der Waals surface area contributed by atoms with Gasteiger partial charge in [0.2, 0.25) is 5.91 Å². The van der Waals surface area contributed by atoms with E-state index in [1.54, 1.807) is 11.0 Å². The maximum atomic E-state index is 12.3. The van der Waals surface area contributed by atoms with Gasteiger partial charge in [0.25, 0.3) is 0 Å². The van der Waals surface area contributed by atoms with Gasteiger partial charge in [0.1, 0.15) is 0 Å². The Morgan fingerprint density at radius 1 is 1.40 bits per heavy atom. The molecule has 0 saturated carbocycles. The van der Waals surface area contributed by atoms with Crippen LogP contribution >= 0.6 is 11.6 Å². The van der Waals surface area contributed by atoms with Gasteiger partial charge < -0.3 is 10.0 Å². The molecule has 108 valence electrons. The van der Waals surface area contributed by atoms with Gasteiger partial charge in [0, 0.05) is 24.0 Å².